The number of rotatable bonds is 5. The number of amides is 1. The van der Waals surface area contributed by atoms with Gasteiger partial charge in [0.25, 0.3) is 5.91 Å². The Morgan fingerprint density at radius 3 is 2.70 bits per heavy atom. The van der Waals surface area contributed by atoms with Crippen LogP contribution < -0.4 is 16.4 Å². The number of aliphatic imine (C=N–C) groups is 1. The molecule has 0 radical (unpaired) electrons. The Morgan fingerprint density at radius 1 is 1.26 bits per heavy atom. The second kappa shape index (κ2) is 9.18. The van der Waals surface area contributed by atoms with Crippen molar-refractivity contribution < 1.29 is 4.79 Å². The lowest BCUT2D eigenvalue weighted by molar-refractivity contribution is 0.0954. The molecule has 1 aliphatic rings. The lowest BCUT2D eigenvalue weighted by atomic mass is 10.1. The number of nitrogens with zero attached hydrogens (tertiary/aromatic N) is 1. The summed E-state index contributed by atoms with van der Waals surface area (Å²) in [6.45, 7) is 2.95. The van der Waals surface area contributed by atoms with Crippen LogP contribution in [0, 0.1) is 6.92 Å². The Morgan fingerprint density at radius 2 is 2.00 bits per heavy atom. The monoisotopic (exact) mass is 316 g/mol. The molecule has 1 aliphatic carbocycles. The Hall–Kier alpha value is -2.04. The first-order valence-corrected chi connectivity index (χ1v) is 8.56. The second-order valence-electron chi connectivity index (χ2n) is 6.23. The molecule has 0 atom stereocenters. The molecule has 5 heteroatoms. The second-order valence-corrected chi connectivity index (χ2v) is 6.23. The van der Waals surface area contributed by atoms with Gasteiger partial charge in [-0.05, 0) is 31.9 Å². The fraction of sp³-hybridized carbons (Fsp3) is 0.556. The van der Waals surface area contributed by atoms with E-state index in [1.165, 1.54) is 38.5 Å². The van der Waals surface area contributed by atoms with Gasteiger partial charge in [-0.1, -0.05) is 43.4 Å². The molecular formula is C18H28N4O. The van der Waals surface area contributed by atoms with Crippen molar-refractivity contribution in [3.05, 3.63) is 35.4 Å². The maximum atomic E-state index is 12.0. The number of nitrogens with two attached hydrogens (primary N) is 1. The summed E-state index contributed by atoms with van der Waals surface area (Å²) in [7, 11) is 0. The fourth-order valence-corrected chi connectivity index (χ4v) is 2.91. The summed E-state index contributed by atoms with van der Waals surface area (Å²) in [6.07, 6.45) is 7.50. The fourth-order valence-electron chi connectivity index (χ4n) is 2.91. The third kappa shape index (κ3) is 6.30. The lowest BCUT2D eigenvalue weighted by Gasteiger charge is -2.16. The van der Waals surface area contributed by atoms with Crippen LogP contribution in [0.5, 0.6) is 0 Å². The molecule has 23 heavy (non-hydrogen) atoms. The minimum atomic E-state index is -0.0702. The van der Waals surface area contributed by atoms with E-state index in [4.69, 9.17) is 5.73 Å². The Bertz CT molecular complexity index is 534. The van der Waals surface area contributed by atoms with E-state index in [0.717, 1.165) is 5.56 Å². The van der Waals surface area contributed by atoms with Gasteiger partial charge in [-0.2, -0.15) is 0 Å². The highest BCUT2D eigenvalue weighted by atomic mass is 16.1. The van der Waals surface area contributed by atoms with Gasteiger partial charge in [0, 0.05) is 18.2 Å². The van der Waals surface area contributed by atoms with Gasteiger partial charge >= 0.3 is 0 Å². The smallest absolute Gasteiger partial charge is 0.251 e. The predicted molar refractivity (Wildman–Crippen MR) is 94.6 cm³/mol. The SMILES string of the molecule is Cc1cccc(C(=O)NCCN=C(N)NC2CCCCCC2)c1. The van der Waals surface area contributed by atoms with Crippen molar-refractivity contribution in [2.24, 2.45) is 10.7 Å². The van der Waals surface area contributed by atoms with Crippen molar-refractivity contribution in [2.45, 2.75) is 51.5 Å². The van der Waals surface area contributed by atoms with E-state index >= 15 is 0 Å². The highest BCUT2D eigenvalue weighted by Crippen LogP contribution is 2.16. The van der Waals surface area contributed by atoms with Crippen LogP contribution in [-0.2, 0) is 0 Å². The zero-order chi connectivity index (χ0) is 16.5. The number of aryl methyl sites for hydroxylation is 1. The van der Waals surface area contributed by atoms with Crippen LogP contribution in [0.15, 0.2) is 29.3 Å². The molecule has 1 aromatic rings. The molecule has 0 bridgehead atoms. The molecule has 1 aromatic carbocycles. The average Bonchev–Trinajstić information content (AvgIpc) is 2.80. The van der Waals surface area contributed by atoms with E-state index in [2.05, 4.69) is 15.6 Å². The summed E-state index contributed by atoms with van der Waals surface area (Å²) in [5, 5.41) is 6.17. The van der Waals surface area contributed by atoms with Crippen molar-refractivity contribution in [1.29, 1.82) is 0 Å². The summed E-state index contributed by atoms with van der Waals surface area (Å²) in [4.78, 5) is 16.3. The molecule has 126 valence electrons. The molecule has 4 N–H and O–H groups in total. The molecule has 0 aromatic heterocycles. The van der Waals surface area contributed by atoms with Gasteiger partial charge in [-0.15, -0.1) is 0 Å². The van der Waals surface area contributed by atoms with Gasteiger partial charge in [0.05, 0.1) is 6.54 Å². The largest absolute Gasteiger partial charge is 0.370 e. The van der Waals surface area contributed by atoms with E-state index in [0.29, 0.717) is 30.7 Å². The first kappa shape index (κ1) is 17.3. The molecule has 1 saturated carbocycles. The summed E-state index contributed by atoms with van der Waals surface area (Å²) in [5.41, 5.74) is 7.69. The Balaban J connectivity index is 1.69. The zero-order valence-corrected chi connectivity index (χ0v) is 14.0. The highest BCUT2D eigenvalue weighted by Gasteiger charge is 2.12. The van der Waals surface area contributed by atoms with Crippen molar-refractivity contribution in [1.82, 2.24) is 10.6 Å². The standard InChI is InChI=1S/C18H28N4O/c1-14-7-6-8-15(13-14)17(23)20-11-12-21-18(19)22-16-9-4-2-3-5-10-16/h6-8,13,16H,2-5,9-12H2,1H3,(H,20,23)(H3,19,21,22). The molecule has 0 spiro atoms. The molecule has 2 rings (SSSR count). The third-order valence-corrected chi connectivity index (χ3v) is 4.17. The molecule has 0 aliphatic heterocycles. The number of hydrogen-bond donors (Lipinski definition) is 3. The highest BCUT2D eigenvalue weighted by molar-refractivity contribution is 5.94. The maximum absolute atomic E-state index is 12.0. The number of carbonyl (C=O) groups is 1. The first-order chi connectivity index (χ1) is 11.1. The van der Waals surface area contributed by atoms with Crippen LogP contribution in [0.4, 0.5) is 0 Å². The van der Waals surface area contributed by atoms with Crippen LogP contribution >= 0.6 is 0 Å². The van der Waals surface area contributed by atoms with Gasteiger partial charge in [0.2, 0.25) is 0 Å². The van der Waals surface area contributed by atoms with Gasteiger partial charge in [-0.3, -0.25) is 9.79 Å². The number of nitrogens with one attached hydrogen (secondary N) is 2. The average molecular weight is 316 g/mol. The summed E-state index contributed by atoms with van der Waals surface area (Å²) in [5.74, 6) is 0.418. The lowest BCUT2D eigenvalue weighted by Crippen LogP contribution is -2.40. The van der Waals surface area contributed by atoms with E-state index in [-0.39, 0.29) is 5.91 Å². The van der Waals surface area contributed by atoms with Crippen molar-refractivity contribution >= 4 is 11.9 Å². The zero-order valence-electron chi connectivity index (χ0n) is 14.0. The van der Waals surface area contributed by atoms with Crippen molar-refractivity contribution in [3.63, 3.8) is 0 Å². The maximum Gasteiger partial charge on any atom is 0.251 e. The van der Waals surface area contributed by atoms with Crippen LogP contribution in [0.1, 0.15) is 54.4 Å². The quantitative estimate of drug-likeness (QED) is 0.338. The molecule has 1 fully saturated rings. The summed E-state index contributed by atoms with van der Waals surface area (Å²) < 4.78 is 0. The number of carbonyl (C=O) groups excluding carboxylic acids is 1. The van der Waals surface area contributed by atoms with E-state index in [9.17, 15) is 4.79 Å². The molecule has 0 saturated heterocycles. The van der Waals surface area contributed by atoms with Crippen LogP contribution in [0.25, 0.3) is 0 Å². The molecular weight excluding hydrogens is 288 g/mol. The third-order valence-electron chi connectivity index (χ3n) is 4.17. The molecule has 1 amide bonds. The molecule has 5 nitrogen and oxygen atoms in total. The normalized spacial score (nSPS) is 16.7. The van der Waals surface area contributed by atoms with Crippen molar-refractivity contribution in [2.75, 3.05) is 13.1 Å². The number of benzene rings is 1. The molecule has 0 unspecified atom stereocenters. The Labute approximate surface area is 138 Å². The van der Waals surface area contributed by atoms with Gasteiger partial charge < -0.3 is 16.4 Å². The van der Waals surface area contributed by atoms with Gasteiger partial charge in [-0.25, -0.2) is 0 Å². The number of guanidine groups is 1. The molecule has 0 heterocycles. The topological polar surface area (TPSA) is 79.5 Å². The van der Waals surface area contributed by atoms with E-state index in [1.54, 1.807) is 0 Å². The minimum Gasteiger partial charge on any atom is -0.370 e. The minimum absolute atomic E-state index is 0.0702. The van der Waals surface area contributed by atoms with Gasteiger partial charge in [0.15, 0.2) is 5.96 Å². The first-order valence-electron chi connectivity index (χ1n) is 8.56. The van der Waals surface area contributed by atoms with Crippen LogP contribution in [0.2, 0.25) is 0 Å². The van der Waals surface area contributed by atoms with E-state index in [1.807, 2.05) is 31.2 Å². The number of hydrogen-bond acceptors (Lipinski definition) is 2. The summed E-state index contributed by atoms with van der Waals surface area (Å²) >= 11 is 0. The van der Waals surface area contributed by atoms with Gasteiger partial charge in [0.1, 0.15) is 0 Å². The van der Waals surface area contributed by atoms with Crippen LogP contribution in [-0.4, -0.2) is 31.0 Å². The van der Waals surface area contributed by atoms with Crippen molar-refractivity contribution in [3.8, 4) is 0 Å². The Kier molecular flexibility index (Phi) is 6.91. The predicted octanol–water partition coefficient (Wildman–Crippen LogP) is 2.35. The van der Waals surface area contributed by atoms with E-state index < -0.39 is 0 Å². The summed E-state index contributed by atoms with van der Waals surface area (Å²) in [6, 6.07) is 8.00. The van der Waals surface area contributed by atoms with Crippen LogP contribution in [0.3, 0.4) is 0 Å².